The summed E-state index contributed by atoms with van der Waals surface area (Å²) in [6.07, 6.45) is 7.44. The fourth-order valence-electron chi connectivity index (χ4n) is 5.06. The number of thiol groups is 1. The SMILES string of the molecule is CNC(=O)[C@H](C)N(C(=O)C(S)CCN1C(=O)c2ccccc2C1=O)C1(C(=O)[C@@H](N)CC(C)C)C=CC=CC1. The largest absolute Gasteiger partial charge is 0.357 e. The van der Waals surface area contributed by atoms with Gasteiger partial charge >= 0.3 is 0 Å². The molecule has 0 saturated carbocycles. The number of Topliss-reactive ketones (excluding diaryl/α,β-unsaturated/α-hetero) is 1. The smallest absolute Gasteiger partial charge is 0.261 e. The Bertz CT molecular complexity index is 1140. The first kappa shape index (κ1) is 29.3. The molecule has 0 bridgehead atoms. The number of nitrogens with one attached hydrogen (secondary N) is 1. The number of hydrogen-bond acceptors (Lipinski definition) is 7. The maximum Gasteiger partial charge on any atom is 0.261 e. The molecule has 0 radical (unpaired) electrons. The Morgan fingerprint density at radius 2 is 1.71 bits per heavy atom. The molecule has 1 aromatic rings. The van der Waals surface area contributed by atoms with Crippen molar-refractivity contribution in [2.75, 3.05) is 13.6 Å². The Morgan fingerprint density at radius 1 is 1.11 bits per heavy atom. The minimum atomic E-state index is -1.48. The normalized spacial score (nSPS) is 20.8. The summed E-state index contributed by atoms with van der Waals surface area (Å²) in [5.74, 6) is -2.09. The highest BCUT2D eigenvalue weighted by molar-refractivity contribution is 7.81. The molecule has 1 aliphatic carbocycles. The van der Waals surface area contributed by atoms with Crippen molar-refractivity contribution in [2.45, 2.75) is 62.9 Å². The molecule has 3 rings (SSSR count). The summed E-state index contributed by atoms with van der Waals surface area (Å²) in [6.45, 7) is 5.42. The number of nitrogens with zero attached hydrogens (tertiary/aromatic N) is 2. The lowest BCUT2D eigenvalue weighted by Gasteiger charge is -2.46. The summed E-state index contributed by atoms with van der Waals surface area (Å²) in [5.41, 5.74) is 5.47. The first-order chi connectivity index (χ1) is 18.0. The van der Waals surface area contributed by atoms with Crippen LogP contribution in [0.5, 0.6) is 0 Å². The van der Waals surface area contributed by atoms with Gasteiger partial charge in [0.2, 0.25) is 11.8 Å². The number of hydrogen-bond donors (Lipinski definition) is 3. The van der Waals surface area contributed by atoms with E-state index in [9.17, 15) is 24.0 Å². The van der Waals surface area contributed by atoms with Crippen LogP contribution in [0.3, 0.4) is 0 Å². The lowest BCUT2D eigenvalue weighted by atomic mass is 9.79. The standard InChI is InChI=1S/C28H36N4O5S/c1-17(2)16-21(29)23(33)28(13-8-5-9-14-28)32(18(3)24(34)30-4)27(37)22(38)12-15-31-25(35)19-10-6-7-11-20(19)26(31)36/h5-11,13,17-18,21-22,38H,12,14-16,29H2,1-4H3,(H,30,34)/t18-,21-,22?,28?/m0/s1. The number of likely N-dealkylation sites (N-methyl/N-ethyl adjacent to an activating group) is 1. The molecule has 1 heterocycles. The Hall–Kier alpha value is -3.24. The number of nitrogens with two attached hydrogens (primary N) is 1. The average Bonchev–Trinajstić information content (AvgIpc) is 3.15. The predicted molar refractivity (Wildman–Crippen MR) is 148 cm³/mol. The third-order valence-electron chi connectivity index (χ3n) is 7.01. The fraction of sp³-hybridized carbons (Fsp3) is 0.464. The van der Waals surface area contributed by atoms with Crippen LogP contribution in [0.4, 0.5) is 0 Å². The molecule has 0 aromatic heterocycles. The summed E-state index contributed by atoms with van der Waals surface area (Å²) >= 11 is 4.53. The van der Waals surface area contributed by atoms with Gasteiger partial charge in [0.15, 0.2) is 5.78 Å². The van der Waals surface area contributed by atoms with Crippen molar-refractivity contribution in [3.05, 3.63) is 59.7 Å². The van der Waals surface area contributed by atoms with Crippen molar-refractivity contribution in [3.8, 4) is 0 Å². The van der Waals surface area contributed by atoms with E-state index in [0.29, 0.717) is 17.5 Å². The van der Waals surface area contributed by atoms with Gasteiger partial charge in [-0.1, -0.05) is 50.3 Å². The molecule has 0 spiro atoms. The Labute approximate surface area is 228 Å². The van der Waals surface area contributed by atoms with E-state index in [1.54, 1.807) is 55.5 Å². The van der Waals surface area contributed by atoms with Gasteiger partial charge in [-0.3, -0.25) is 28.9 Å². The van der Waals surface area contributed by atoms with Crippen molar-refractivity contribution in [3.63, 3.8) is 0 Å². The number of benzene rings is 1. The van der Waals surface area contributed by atoms with Gasteiger partial charge in [-0.05, 0) is 44.2 Å². The van der Waals surface area contributed by atoms with Gasteiger partial charge in [-0.25, -0.2) is 0 Å². The van der Waals surface area contributed by atoms with Gasteiger partial charge < -0.3 is 16.0 Å². The molecular weight excluding hydrogens is 504 g/mol. The number of ketones is 1. The maximum absolute atomic E-state index is 14.0. The molecule has 2 aliphatic rings. The van der Waals surface area contributed by atoms with Crippen LogP contribution in [0.1, 0.15) is 60.7 Å². The summed E-state index contributed by atoms with van der Waals surface area (Å²) in [4.78, 5) is 68.5. The quantitative estimate of drug-likeness (QED) is 0.291. The molecule has 3 N–H and O–H groups in total. The summed E-state index contributed by atoms with van der Waals surface area (Å²) in [7, 11) is 1.46. The van der Waals surface area contributed by atoms with E-state index in [1.165, 1.54) is 11.9 Å². The van der Waals surface area contributed by atoms with E-state index in [0.717, 1.165) is 4.90 Å². The summed E-state index contributed by atoms with van der Waals surface area (Å²) < 4.78 is 0. The second kappa shape index (κ2) is 12.1. The van der Waals surface area contributed by atoms with Crippen LogP contribution in [0, 0.1) is 5.92 Å². The number of rotatable bonds is 11. The Balaban J connectivity index is 1.90. The minimum Gasteiger partial charge on any atom is -0.357 e. The molecular formula is C28H36N4O5S. The molecule has 0 saturated heterocycles. The van der Waals surface area contributed by atoms with Gasteiger partial charge in [0.05, 0.1) is 22.4 Å². The van der Waals surface area contributed by atoms with Gasteiger partial charge in [0.1, 0.15) is 11.6 Å². The van der Waals surface area contributed by atoms with Gasteiger partial charge in [-0.15, -0.1) is 0 Å². The lowest BCUT2D eigenvalue weighted by Crippen LogP contribution is -2.66. The van der Waals surface area contributed by atoms with Crippen LogP contribution >= 0.6 is 12.6 Å². The van der Waals surface area contributed by atoms with E-state index < -0.39 is 46.5 Å². The summed E-state index contributed by atoms with van der Waals surface area (Å²) in [6, 6.07) is 4.67. The molecule has 10 heteroatoms. The van der Waals surface area contributed by atoms with Crippen LogP contribution in [0.2, 0.25) is 0 Å². The topological polar surface area (TPSA) is 130 Å². The van der Waals surface area contributed by atoms with Crippen molar-refractivity contribution >= 4 is 42.0 Å². The third kappa shape index (κ3) is 5.61. The van der Waals surface area contributed by atoms with Crippen molar-refractivity contribution in [1.29, 1.82) is 0 Å². The highest BCUT2D eigenvalue weighted by atomic mass is 32.1. The van der Waals surface area contributed by atoms with Crippen molar-refractivity contribution in [1.82, 2.24) is 15.1 Å². The molecule has 0 fully saturated rings. The number of amides is 4. The second-order valence-electron chi connectivity index (χ2n) is 10.1. The molecule has 1 aromatic carbocycles. The fourth-order valence-corrected chi connectivity index (χ4v) is 5.30. The van der Waals surface area contributed by atoms with Crippen molar-refractivity contribution < 1.29 is 24.0 Å². The molecule has 4 amide bonds. The van der Waals surface area contributed by atoms with Gasteiger partial charge in [-0.2, -0.15) is 12.6 Å². The van der Waals surface area contributed by atoms with E-state index in [-0.39, 0.29) is 31.1 Å². The Morgan fingerprint density at radius 3 is 2.21 bits per heavy atom. The van der Waals surface area contributed by atoms with Crippen molar-refractivity contribution in [2.24, 2.45) is 11.7 Å². The summed E-state index contributed by atoms with van der Waals surface area (Å²) in [5, 5.41) is 1.55. The molecule has 38 heavy (non-hydrogen) atoms. The molecule has 1 aliphatic heterocycles. The number of imide groups is 1. The van der Waals surface area contributed by atoms with Gasteiger partial charge in [0.25, 0.3) is 11.8 Å². The lowest BCUT2D eigenvalue weighted by molar-refractivity contribution is -0.151. The number of carbonyl (C=O) groups excluding carboxylic acids is 5. The predicted octanol–water partition coefficient (Wildman–Crippen LogP) is 2.13. The number of fused-ring (bicyclic) bond motifs is 1. The Kier molecular flexibility index (Phi) is 9.32. The number of allylic oxidation sites excluding steroid dienone is 2. The van der Waals surface area contributed by atoms with Crippen LogP contribution in [0.25, 0.3) is 0 Å². The van der Waals surface area contributed by atoms with Gasteiger partial charge in [0, 0.05) is 13.6 Å². The van der Waals surface area contributed by atoms with Crippen LogP contribution in [0.15, 0.2) is 48.6 Å². The zero-order valence-corrected chi connectivity index (χ0v) is 23.1. The molecule has 2 unspecified atom stereocenters. The van der Waals surface area contributed by atoms with Crippen LogP contribution < -0.4 is 11.1 Å². The van der Waals surface area contributed by atoms with E-state index in [1.807, 2.05) is 13.8 Å². The van der Waals surface area contributed by atoms with Crippen LogP contribution in [-0.2, 0) is 14.4 Å². The third-order valence-corrected chi connectivity index (χ3v) is 7.49. The second-order valence-corrected chi connectivity index (χ2v) is 10.7. The first-order valence-corrected chi connectivity index (χ1v) is 13.3. The monoisotopic (exact) mass is 540 g/mol. The number of carbonyl (C=O) groups is 5. The average molecular weight is 541 g/mol. The highest BCUT2D eigenvalue weighted by Crippen LogP contribution is 2.33. The molecule has 4 atom stereocenters. The van der Waals surface area contributed by atoms with E-state index in [4.69, 9.17) is 5.73 Å². The van der Waals surface area contributed by atoms with Crippen LogP contribution in [-0.4, -0.2) is 75.7 Å². The minimum absolute atomic E-state index is 0.0340. The zero-order chi connectivity index (χ0) is 28.2. The first-order valence-electron chi connectivity index (χ1n) is 12.8. The van der Waals surface area contributed by atoms with E-state index >= 15 is 0 Å². The molecule has 204 valence electrons. The zero-order valence-electron chi connectivity index (χ0n) is 22.2. The highest BCUT2D eigenvalue weighted by Gasteiger charge is 2.50. The van der Waals surface area contributed by atoms with E-state index in [2.05, 4.69) is 17.9 Å². The molecule has 9 nitrogen and oxygen atoms in total. The maximum atomic E-state index is 14.0.